The van der Waals surface area contributed by atoms with Gasteiger partial charge in [-0.2, -0.15) is 5.10 Å². The van der Waals surface area contributed by atoms with Crippen molar-refractivity contribution in [3.63, 3.8) is 0 Å². The molecule has 0 unspecified atom stereocenters. The predicted octanol–water partition coefficient (Wildman–Crippen LogP) is 5.53. The van der Waals surface area contributed by atoms with Crippen LogP contribution >= 0.6 is 0 Å². The predicted molar refractivity (Wildman–Crippen MR) is 132 cm³/mol. The highest BCUT2D eigenvalue weighted by Crippen LogP contribution is 2.30. The molecule has 0 radical (unpaired) electrons. The van der Waals surface area contributed by atoms with Gasteiger partial charge in [0.1, 0.15) is 5.82 Å². The smallest absolute Gasteiger partial charge is 0.336 e. The first-order valence-corrected chi connectivity index (χ1v) is 11.8. The highest BCUT2D eigenvalue weighted by molar-refractivity contribution is 5.95. The molecule has 7 heteroatoms. The highest BCUT2D eigenvalue weighted by Gasteiger charge is 2.36. The molecule has 0 aliphatic heterocycles. The molecular formula is C27H35N3O4. The van der Waals surface area contributed by atoms with Crippen LogP contribution in [0.2, 0.25) is 0 Å². The van der Waals surface area contributed by atoms with Crippen LogP contribution in [0.4, 0.5) is 0 Å². The highest BCUT2D eigenvalue weighted by atomic mass is 16.7. The van der Waals surface area contributed by atoms with Crippen LogP contribution in [0.1, 0.15) is 67.6 Å². The second kappa shape index (κ2) is 11.4. The van der Waals surface area contributed by atoms with Gasteiger partial charge in [0.15, 0.2) is 0 Å². The largest absolute Gasteiger partial charge is 0.478 e. The number of aryl methyl sites for hydroxylation is 1. The van der Waals surface area contributed by atoms with Crippen LogP contribution in [-0.2, 0) is 28.2 Å². The minimum Gasteiger partial charge on any atom is -0.478 e. The van der Waals surface area contributed by atoms with Crippen molar-refractivity contribution in [2.75, 3.05) is 14.2 Å². The Bertz CT molecular complexity index is 1090. The van der Waals surface area contributed by atoms with E-state index in [1.807, 2.05) is 41.1 Å². The number of nitrogens with zero attached hydrogens (tertiary/aromatic N) is 3. The van der Waals surface area contributed by atoms with Crippen LogP contribution in [0.15, 0.2) is 48.5 Å². The van der Waals surface area contributed by atoms with Gasteiger partial charge >= 0.3 is 5.97 Å². The molecule has 0 saturated carbocycles. The summed E-state index contributed by atoms with van der Waals surface area (Å²) in [5.41, 5.74) is 2.93. The Kier molecular flexibility index (Phi) is 8.58. The molecule has 2 aromatic carbocycles. The quantitative estimate of drug-likeness (QED) is 0.354. The molecule has 1 heterocycles. The van der Waals surface area contributed by atoms with Gasteiger partial charge in [0.25, 0.3) is 0 Å². The van der Waals surface area contributed by atoms with E-state index in [0.717, 1.165) is 36.3 Å². The van der Waals surface area contributed by atoms with Gasteiger partial charge in [0.2, 0.25) is 11.6 Å². The Balaban J connectivity index is 1.92. The summed E-state index contributed by atoms with van der Waals surface area (Å²) >= 11 is 0. The zero-order valence-corrected chi connectivity index (χ0v) is 20.7. The number of ether oxygens (including phenoxy) is 2. The van der Waals surface area contributed by atoms with Crippen LogP contribution < -0.4 is 0 Å². The first kappa shape index (κ1) is 25.6. The van der Waals surface area contributed by atoms with Gasteiger partial charge in [-0.3, -0.25) is 0 Å². The van der Waals surface area contributed by atoms with Crippen LogP contribution in [0.5, 0.6) is 0 Å². The van der Waals surface area contributed by atoms with E-state index in [2.05, 4.69) is 20.8 Å². The Labute approximate surface area is 201 Å². The van der Waals surface area contributed by atoms with Crippen LogP contribution in [0.3, 0.4) is 0 Å². The summed E-state index contributed by atoms with van der Waals surface area (Å²) in [6, 6.07) is 15.0. The third-order valence-corrected chi connectivity index (χ3v) is 6.03. The van der Waals surface area contributed by atoms with E-state index in [-0.39, 0.29) is 0 Å². The normalized spacial score (nSPS) is 11.8. The summed E-state index contributed by atoms with van der Waals surface area (Å²) in [5.74, 6) is 0.0439. The Morgan fingerprint density at radius 3 is 2.35 bits per heavy atom. The molecule has 3 rings (SSSR count). The number of carboxylic acid groups (broad SMARTS) is 1. The van der Waals surface area contributed by atoms with Crippen molar-refractivity contribution >= 4 is 5.97 Å². The zero-order chi connectivity index (χ0) is 24.7. The van der Waals surface area contributed by atoms with E-state index in [9.17, 15) is 9.90 Å². The number of benzene rings is 2. The second-order valence-electron chi connectivity index (χ2n) is 8.89. The number of hydrogen-bond acceptors (Lipinski definition) is 5. The summed E-state index contributed by atoms with van der Waals surface area (Å²) in [7, 11) is 3.25. The molecule has 1 aromatic heterocycles. The maximum Gasteiger partial charge on any atom is 0.336 e. The molecule has 0 aliphatic carbocycles. The SMILES string of the molecule is CCCC(OC)(OC)c1nc(Cc2ccc(-c3ccccc3C(=O)O)cc2)n(CCC(C)C)n1. The number of carboxylic acids is 1. The van der Waals surface area contributed by atoms with Gasteiger partial charge in [0.05, 0.1) is 5.56 Å². The molecule has 0 fully saturated rings. The summed E-state index contributed by atoms with van der Waals surface area (Å²) in [6.45, 7) is 7.22. The second-order valence-corrected chi connectivity index (χ2v) is 8.89. The Morgan fingerprint density at radius 1 is 1.09 bits per heavy atom. The van der Waals surface area contributed by atoms with E-state index in [4.69, 9.17) is 19.6 Å². The first-order valence-electron chi connectivity index (χ1n) is 11.8. The molecule has 0 saturated heterocycles. The molecular weight excluding hydrogens is 430 g/mol. The lowest BCUT2D eigenvalue weighted by molar-refractivity contribution is -0.225. The number of aromatic nitrogens is 3. The van der Waals surface area contributed by atoms with E-state index < -0.39 is 11.8 Å². The maximum atomic E-state index is 11.6. The van der Waals surface area contributed by atoms with Crippen LogP contribution in [0.25, 0.3) is 11.1 Å². The van der Waals surface area contributed by atoms with Crippen molar-refractivity contribution in [1.29, 1.82) is 0 Å². The molecule has 0 amide bonds. The lowest BCUT2D eigenvalue weighted by atomic mass is 9.98. The van der Waals surface area contributed by atoms with Crippen LogP contribution in [0, 0.1) is 5.92 Å². The fourth-order valence-corrected chi connectivity index (χ4v) is 4.04. The lowest BCUT2D eigenvalue weighted by Crippen LogP contribution is -2.32. The molecule has 0 aliphatic rings. The lowest BCUT2D eigenvalue weighted by Gasteiger charge is -2.27. The molecule has 0 bridgehead atoms. The minimum atomic E-state index is -0.961. The fraction of sp³-hybridized carbons (Fsp3) is 0.444. The zero-order valence-electron chi connectivity index (χ0n) is 20.7. The van der Waals surface area contributed by atoms with Gasteiger partial charge in [-0.15, -0.1) is 0 Å². The van der Waals surface area contributed by atoms with Gasteiger partial charge in [-0.25, -0.2) is 14.5 Å². The van der Waals surface area contributed by atoms with Crippen molar-refractivity contribution in [2.24, 2.45) is 5.92 Å². The Hall–Kier alpha value is -3.03. The van der Waals surface area contributed by atoms with E-state index >= 15 is 0 Å². The maximum absolute atomic E-state index is 11.6. The topological polar surface area (TPSA) is 86.5 Å². The van der Waals surface area contributed by atoms with E-state index in [1.54, 1.807) is 26.4 Å². The number of hydrogen-bond donors (Lipinski definition) is 1. The first-order chi connectivity index (χ1) is 16.3. The Morgan fingerprint density at radius 2 is 1.76 bits per heavy atom. The van der Waals surface area contributed by atoms with Crippen molar-refractivity contribution in [1.82, 2.24) is 14.8 Å². The number of aromatic carboxylic acids is 1. The van der Waals surface area contributed by atoms with Crippen molar-refractivity contribution in [3.05, 3.63) is 71.3 Å². The molecule has 182 valence electrons. The molecule has 1 N–H and O–H groups in total. The standard InChI is InChI=1S/C27H35N3O4/c1-6-16-27(33-4,34-5)26-28-24(30(29-26)17-15-19(2)3)18-20-11-13-21(14-12-20)22-9-7-8-10-23(22)25(31)32/h7-14,19H,6,15-18H2,1-5H3,(H,31,32). The number of methoxy groups -OCH3 is 2. The third kappa shape index (κ3) is 5.72. The average molecular weight is 466 g/mol. The molecule has 0 spiro atoms. The third-order valence-electron chi connectivity index (χ3n) is 6.03. The fourth-order valence-electron chi connectivity index (χ4n) is 4.04. The van der Waals surface area contributed by atoms with Crippen molar-refractivity contribution in [3.8, 4) is 11.1 Å². The number of rotatable bonds is 12. The summed E-state index contributed by atoms with van der Waals surface area (Å²) < 4.78 is 13.5. The van der Waals surface area contributed by atoms with E-state index in [0.29, 0.717) is 35.7 Å². The van der Waals surface area contributed by atoms with Gasteiger partial charge < -0.3 is 14.6 Å². The van der Waals surface area contributed by atoms with Crippen molar-refractivity contribution in [2.45, 2.75) is 58.8 Å². The molecule has 34 heavy (non-hydrogen) atoms. The summed E-state index contributed by atoms with van der Waals surface area (Å²) in [4.78, 5) is 16.4. The molecule has 0 atom stereocenters. The van der Waals surface area contributed by atoms with Gasteiger partial charge in [-0.05, 0) is 35.1 Å². The van der Waals surface area contributed by atoms with Crippen molar-refractivity contribution < 1.29 is 19.4 Å². The monoisotopic (exact) mass is 465 g/mol. The van der Waals surface area contributed by atoms with E-state index in [1.165, 1.54) is 0 Å². The summed E-state index contributed by atoms with van der Waals surface area (Å²) in [6.07, 6.45) is 3.12. The number of carbonyl (C=O) groups is 1. The van der Waals surface area contributed by atoms with Crippen LogP contribution in [-0.4, -0.2) is 40.1 Å². The van der Waals surface area contributed by atoms with Gasteiger partial charge in [0, 0.05) is 33.6 Å². The van der Waals surface area contributed by atoms with Gasteiger partial charge in [-0.1, -0.05) is 69.7 Å². The minimum absolute atomic E-state index is 0.291. The summed E-state index contributed by atoms with van der Waals surface area (Å²) in [5, 5.41) is 14.3. The molecule has 3 aromatic rings. The average Bonchev–Trinajstić information content (AvgIpc) is 3.24. The molecule has 7 nitrogen and oxygen atoms in total.